The molecule has 1 rings (SSSR count). The summed E-state index contributed by atoms with van der Waals surface area (Å²) in [5, 5.41) is 31.5. The highest BCUT2D eigenvalue weighted by molar-refractivity contribution is 5.74. The molecule has 77 heavy (non-hydrogen) atoms. The first kappa shape index (κ1) is 70.7. The number of carbonyl (C=O) groups excluding carboxylic acids is 3. The second kappa shape index (κ2) is 52.3. The maximum atomic E-state index is 13.1. The molecule has 0 aromatic heterocycles. The monoisotopic (exact) mass is 1080 g/mol. The lowest BCUT2D eigenvalue weighted by Gasteiger charge is -2.40. The number of rotatable bonds is 50. The highest BCUT2D eigenvalue weighted by Gasteiger charge is 2.50. The quantitative estimate of drug-likeness (QED) is 0.0228. The number of hydrogen-bond donors (Lipinski definition) is 3. The molecule has 1 aliphatic heterocycles. The van der Waals surface area contributed by atoms with E-state index in [1.807, 2.05) is 0 Å². The molecule has 0 bridgehead atoms. The minimum atomic E-state index is -1.92. The lowest BCUT2D eigenvalue weighted by molar-refractivity contribution is -0.301. The predicted octanol–water partition coefficient (Wildman–Crippen LogP) is 15.7. The van der Waals surface area contributed by atoms with Gasteiger partial charge in [-0.1, -0.05) is 201 Å². The van der Waals surface area contributed by atoms with Crippen molar-refractivity contribution in [2.24, 2.45) is 0 Å². The van der Waals surface area contributed by atoms with E-state index in [0.717, 1.165) is 154 Å². The number of esters is 3. The molecule has 0 spiro atoms. The maximum Gasteiger partial charge on any atom is 0.335 e. The van der Waals surface area contributed by atoms with Gasteiger partial charge in [-0.15, -0.1) is 0 Å². The van der Waals surface area contributed by atoms with Crippen molar-refractivity contribution in [3.8, 4) is 0 Å². The van der Waals surface area contributed by atoms with Gasteiger partial charge in [0.2, 0.25) is 0 Å². The van der Waals surface area contributed by atoms with E-state index >= 15 is 0 Å². The zero-order chi connectivity index (χ0) is 56.1. The zero-order valence-corrected chi connectivity index (χ0v) is 48.2. The van der Waals surface area contributed by atoms with E-state index in [0.29, 0.717) is 19.3 Å². The van der Waals surface area contributed by atoms with Crippen LogP contribution in [0.25, 0.3) is 0 Å². The van der Waals surface area contributed by atoms with Crippen LogP contribution in [0.4, 0.5) is 0 Å². The average molecular weight is 1080 g/mol. The van der Waals surface area contributed by atoms with Gasteiger partial charge >= 0.3 is 23.9 Å². The minimum Gasteiger partial charge on any atom is -0.479 e. The molecule has 1 aliphatic rings. The lowest BCUT2D eigenvalue weighted by Crippen LogP contribution is -2.61. The summed E-state index contributed by atoms with van der Waals surface area (Å²) in [5.74, 6) is -3.18. The van der Waals surface area contributed by atoms with Gasteiger partial charge in [-0.3, -0.25) is 14.4 Å². The zero-order valence-electron chi connectivity index (χ0n) is 48.2. The van der Waals surface area contributed by atoms with Gasteiger partial charge in [0.25, 0.3) is 0 Å². The molecule has 0 radical (unpaired) electrons. The summed E-state index contributed by atoms with van der Waals surface area (Å²) >= 11 is 0. The predicted molar refractivity (Wildman–Crippen MR) is 312 cm³/mol. The largest absolute Gasteiger partial charge is 0.479 e. The van der Waals surface area contributed by atoms with Crippen LogP contribution >= 0.6 is 0 Å². The van der Waals surface area contributed by atoms with Gasteiger partial charge in [0.05, 0.1) is 6.61 Å². The Morgan fingerprint density at radius 1 is 0.442 bits per heavy atom. The molecule has 0 aromatic rings. The van der Waals surface area contributed by atoms with Crippen molar-refractivity contribution in [3.63, 3.8) is 0 Å². The summed E-state index contributed by atoms with van der Waals surface area (Å²) in [6.07, 6.45) is 56.5. The van der Waals surface area contributed by atoms with E-state index in [1.165, 1.54) is 25.7 Å². The molecule has 0 aromatic carbocycles. The van der Waals surface area contributed by atoms with Gasteiger partial charge in [0.15, 0.2) is 24.6 Å². The van der Waals surface area contributed by atoms with Crippen LogP contribution in [0.1, 0.15) is 239 Å². The number of carboxylic acid groups (broad SMARTS) is 1. The summed E-state index contributed by atoms with van der Waals surface area (Å²) in [4.78, 5) is 51.2. The Bertz CT molecular complexity index is 1710. The van der Waals surface area contributed by atoms with Crippen molar-refractivity contribution in [1.82, 2.24) is 0 Å². The van der Waals surface area contributed by atoms with Crippen molar-refractivity contribution < 1.29 is 58.2 Å². The SMILES string of the molecule is CC/C=C\C/C=C\C/C=C\CCCCCCCC(=O)OC1C(OCC(COC(=O)CCCCCCCC/C=C\C/C=C\C/C=C\CCCCC)OC(=O)CCCCCCC/C=C\C/C=C\CCC)OC(C(=O)O)C(O)C1O. The van der Waals surface area contributed by atoms with Gasteiger partial charge in [0.1, 0.15) is 18.8 Å². The molecular weight excluding hydrogens is 973 g/mol. The average Bonchev–Trinajstić information content (AvgIpc) is 3.42. The van der Waals surface area contributed by atoms with Crippen LogP contribution in [0.2, 0.25) is 0 Å². The number of hydrogen-bond acceptors (Lipinski definition) is 11. The van der Waals surface area contributed by atoms with Gasteiger partial charge in [-0.25, -0.2) is 4.79 Å². The van der Waals surface area contributed by atoms with Crippen LogP contribution in [-0.2, 0) is 42.9 Å². The molecule has 12 nitrogen and oxygen atoms in total. The molecule has 3 N–H and O–H groups in total. The highest BCUT2D eigenvalue weighted by Crippen LogP contribution is 2.26. The Hall–Kier alpha value is -4.36. The summed E-state index contributed by atoms with van der Waals surface area (Å²) in [5.41, 5.74) is 0. The molecule has 6 unspecified atom stereocenters. The van der Waals surface area contributed by atoms with Crippen molar-refractivity contribution >= 4 is 23.9 Å². The second-order valence-electron chi connectivity index (χ2n) is 20.2. The molecule has 1 heterocycles. The van der Waals surface area contributed by atoms with E-state index in [9.17, 15) is 34.5 Å². The number of aliphatic hydroxyl groups excluding tert-OH is 2. The normalized spacial score (nSPS) is 18.7. The number of aliphatic hydroxyl groups is 2. The maximum absolute atomic E-state index is 13.1. The van der Waals surface area contributed by atoms with Crippen molar-refractivity contribution in [3.05, 3.63) is 97.2 Å². The first-order valence-electron chi connectivity index (χ1n) is 30.2. The number of allylic oxidation sites excluding steroid dienone is 16. The molecule has 0 amide bonds. The summed E-state index contributed by atoms with van der Waals surface area (Å²) < 4.78 is 28.4. The van der Waals surface area contributed by atoms with E-state index < -0.39 is 67.3 Å². The molecule has 0 aliphatic carbocycles. The lowest BCUT2D eigenvalue weighted by atomic mass is 9.98. The third-order valence-corrected chi connectivity index (χ3v) is 13.1. The van der Waals surface area contributed by atoms with Crippen LogP contribution in [0, 0.1) is 0 Å². The first-order valence-corrected chi connectivity index (χ1v) is 30.2. The van der Waals surface area contributed by atoms with Crippen molar-refractivity contribution in [2.45, 2.75) is 276 Å². The van der Waals surface area contributed by atoms with Crippen molar-refractivity contribution in [1.29, 1.82) is 0 Å². The van der Waals surface area contributed by atoms with E-state index in [4.69, 9.17) is 23.7 Å². The molecule has 1 saturated heterocycles. The van der Waals surface area contributed by atoms with Crippen LogP contribution in [0.15, 0.2) is 97.2 Å². The van der Waals surface area contributed by atoms with Gasteiger partial charge in [-0.05, 0) is 116 Å². The summed E-state index contributed by atoms with van der Waals surface area (Å²) in [6, 6.07) is 0. The second-order valence-corrected chi connectivity index (χ2v) is 20.2. The minimum absolute atomic E-state index is 0.0339. The van der Waals surface area contributed by atoms with Crippen LogP contribution in [0.5, 0.6) is 0 Å². The third kappa shape index (κ3) is 42.3. The third-order valence-electron chi connectivity index (χ3n) is 13.1. The van der Waals surface area contributed by atoms with Crippen LogP contribution < -0.4 is 0 Å². The molecule has 0 saturated carbocycles. The molecular formula is C65H106O12. The molecule has 6 atom stereocenters. The number of unbranched alkanes of at least 4 members (excludes halogenated alkanes) is 20. The van der Waals surface area contributed by atoms with E-state index in [-0.39, 0.29) is 25.9 Å². The number of ether oxygens (including phenoxy) is 5. The number of carboxylic acids is 1. The fraction of sp³-hybridized carbons (Fsp3) is 0.692. The molecule has 1 fully saturated rings. The summed E-state index contributed by atoms with van der Waals surface area (Å²) in [6.45, 7) is 5.75. The van der Waals surface area contributed by atoms with Crippen LogP contribution in [0.3, 0.4) is 0 Å². The first-order chi connectivity index (χ1) is 37.6. The standard InChI is InChI=1S/C65H106O12/c1-4-7-10-13-16-19-22-25-27-28-29-30-32-34-36-39-42-45-48-51-57(66)73-54-56(75-58(67)52-49-46-43-40-37-33-24-21-18-15-12-9-6-3)55-74-65-63(61(70)60(69)62(77-65)64(71)72)76-59(68)53-50-47-44-41-38-35-31-26-23-20-17-14-11-8-5-2/h8,11-12,15-17,19-21,24-27,29-31,56,60-63,65,69-70H,4-7,9-10,13-14,18,22-23,28,32-55H2,1-3H3,(H,71,72)/b11-8-,15-12-,19-16-,20-17-,24-21-,27-25-,30-29-,31-26-. The molecule has 12 heteroatoms. The highest BCUT2D eigenvalue weighted by atomic mass is 16.7. The van der Waals surface area contributed by atoms with Crippen LogP contribution in [-0.4, -0.2) is 89.2 Å². The Labute approximate surface area is 466 Å². The smallest absolute Gasteiger partial charge is 0.335 e. The fourth-order valence-electron chi connectivity index (χ4n) is 8.48. The van der Waals surface area contributed by atoms with Gasteiger partial charge in [0, 0.05) is 19.3 Å². The summed E-state index contributed by atoms with van der Waals surface area (Å²) in [7, 11) is 0. The Morgan fingerprint density at radius 3 is 1.30 bits per heavy atom. The van der Waals surface area contributed by atoms with E-state index in [2.05, 4.69) is 118 Å². The van der Waals surface area contributed by atoms with Gasteiger partial charge in [-0.2, -0.15) is 0 Å². The number of aliphatic carboxylic acids is 1. The number of carbonyl (C=O) groups is 4. The Kier molecular flexibility index (Phi) is 48.0. The topological polar surface area (TPSA) is 175 Å². The molecule has 438 valence electrons. The van der Waals surface area contributed by atoms with Crippen molar-refractivity contribution in [2.75, 3.05) is 13.2 Å². The van der Waals surface area contributed by atoms with E-state index in [1.54, 1.807) is 0 Å². The Balaban J connectivity index is 2.70. The van der Waals surface area contributed by atoms with Gasteiger partial charge < -0.3 is 39.0 Å². The Morgan fingerprint density at radius 2 is 0.844 bits per heavy atom. The fourth-order valence-corrected chi connectivity index (χ4v) is 8.48.